The zero-order valence-corrected chi connectivity index (χ0v) is 9.47. The first-order chi connectivity index (χ1) is 8.24. The van der Waals surface area contributed by atoms with Crippen LogP contribution in [0, 0.1) is 0 Å². The van der Waals surface area contributed by atoms with Crippen LogP contribution in [-0.4, -0.2) is 32.6 Å². The molecule has 2 aromatic rings. The fourth-order valence-electron chi connectivity index (χ4n) is 1.42. The van der Waals surface area contributed by atoms with E-state index < -0.39 is 0 Å². The minimum atomic E-state index is -0.240. The minimum Gasteiger partial charge on any atom is -0.338 e. The predicted octanol–water partition coefficient (Wildman–Crippen LogP) is 0.507. The van der Waals surface area contributed by atoms with Gasteiger partial charge in [-0.2, -0.15) is 10.2 Å². The molecule has 2 rings (SSSR count). The van der Waals surface area contributed by atoms with Crippen molar-refractivity contribution in [1.82, 2.24) is 25.3 Å². The van der Waals surface area contributed by atoms with E-state index in [-0.39, 0.29) is 6.03 Å². The predicted molar refractivity (Wildman–Crippen MR) is 62.5 cm³/mol. The van der Waals surface area contributed by atoms with Gasteiger partial charge in [-0.25, -0.2) is 4.79 Å². The molecule has 2 amide bonds. The second-order valence-corrected chi connectivity index (χ2v) is 3.64. The number of urea groups is 1. The van der Waals surface area contributed by atoms with Gasteiger partial charge in [0.25, 0.3) is 0 Å². The van der Waals surface area contributed by atoms with Gasteiger partial charge >= 0.3 is 6.03 Å². The lowest BCUT2D eigenvalue weighted by atomic mass is 10.2. The van der Waals surface area contributed by atoms with Crippen molar-refractivity contribution in [2.45, 2.75) is 6.42 Å². The summed E-state index contributed by atoms with van der Waals surface area (Å²) in [5, 5.41) is 15.8. The summed E-state index contributed by atoms with van der Waals surface area (Å²) < 4.78 is 1.74. The van der Waals surface area contributed by atoms with Crippen LogP contribution in [0.2, 0.25) is 0 Å². The van der Waals surface area contributed by atoms with Crippen LogP contribution < -0.4 is 10.6 Å². The van der Waals surface area contributed by atoms with Crippen molar-refractivity contribution in [3.05, 3.63) is 30.4 Å². The molecule has 0 unspecified atom stereocenters. The van der Waals surface area contributed by atoms with E-state index in [4.69, 9.17) is 0 Å². The Balaban J connectivity index is 1.70. The molecular formula is C10H14N6O. The number of carbonyl (C=O) groups excluding carboxylic acids is 1. The number of aromatic nitrogens is 4. The van der Waals surface area contributed by atoms with Crippen molar-refractivity contribution in [3.63, 3.8) is 0 Å². The fourth-order valence-corrected chi connectivity index (χ4v) is 1.42. The third-order valence-corrected chi connectivity index (χ3v) is 2.21. The number of H-pyrrole nitrogens is 1. The number of nitrogens with one attached hydrogen (secondary N) is 3. The first-order valence-corrected chi connectivity index (χ1v) is 5.25. The zero-order valence-electron chi connectivity index (χ0n) is 9.47. The van der Waals surface area contributed by atoms with E-state index in [1.165, 1.54) is 0 Å². The highest BCUT2D eigenvalue weighted by atomic mass is 16.2. The first kappa shape index (κ1) is 11.2. The molecule has 90 valence electrons. The highest BCUT2D eigenvalue weighted by Gasteiger charge is 2.02. The Bertz CT molecular complexity index is 475. The van der Waals surface area contributed by atoms with E-state index in [1.807, 2.05) is 13.2 Å². The summed E-state index contributed by atoms with van der Waals surface area (Å²) in [6.07, 6.45) is 7.62. The SMILES string of the molecule is Cn1cc(CCNC(=O)Nc2cn[nH]c2)cn1. The average molecular weight is 234 g/mol. The molecule has 3 N–H and O–H groups in total. The number of amides is 2. The largest absolute Gasteiger partial charge is 0.338 e. The average Bonchev–Trinajstić information content (AvgIpc) is 2.90. The fraction of sp³-hybridized carbons (Fsp3) is 0.300. The molecule has 0 atom stereocenters. The van der Waals surface area contributed by atoms with Crippen molar-refractivity contribution in [3.8, 4) is 0 Å². The number of hydrogen-bond acceptors (Lipinski definition) is 3. The lowest BCUT2D eigenvalue weighted by Gasteiger charge is -2.04. The molecule has 0 fully saturated rings. The number of aryl methyl sites for hydroxylation is 1. The van der Waals surface area contributed by atoms with Crippen LogP contribution in [0.4, 0.5) is 10.5 Å². The molecule has 0 bridgehead atoms. The van der Waals surface area contributed by atoms with Crippen LogP contribution in [0.15, 0.2) is 24.8 Å². The molecule has 0 saturated carbocycles. The lowest BCUT2D eigenvalue weighted by Crippen LogP contribution is -2.30. The smallest absolute Gasteiger partial charge is 0.319 e. The Morgan fingerprint density at radius 2 is 2.41 bits per heavy atom. The van der Waals surface area contributed by atoms with Gasteiger partial charge in [0.05, 0.1) is 18.1 Å². The van der Waals surface area contributed by atoms with Gasteiger partial charge in [-0.3, -0.25) is 9.78 Å². The summed E-state index contributed by atoms with van der Waals surface area (Å²) in [5.74, 6) is 0. The molecule has 0 spiro atoms. The van der Waals surface area contributed by atoms with Gasteiger partial charge < -0.3 is 10.6 Å². The van der Waals surface area contributed by atoms with Crippen LogP contribution >= 0.6 is 0 Å². The topological polar surface area (TPSA) is 87.6 Å². The summed E-state index contributed by atoms with van der Waals surface area (Å²) in [6, 6.07) is -0.240. The van der Waals surface area contributed by atoms with Crippen LogP contribution in [0.3, 0.4) is 0 Å². The summed E-state index contributed by atoms with van der Waals surface area (Å²) in [5.41, 5.74) is 1.74. The van der Waals surface area contributed by atoms with Crippen LogP contribution in [0.25, 0.3) is 0 Å². The van der Waals surface area contributed by atoms with Crippen molar-refractivity contribution >= 4 is 11.7 Å². The Morgan fingerprint density at radius 3 is 3.06 bits per heavy atom. The third kappa shape index (κ3) is 3.33. The van der Waals surface area contributed by atoms with Crippen LogP contribution in [0.1, 0.15) is 5.56 Å². The maximum atomic E-state index is 11.4. The van der Waals surface area contributed by atoms with Crippen molar-refractivity contribution < 1.29 is 4.79 Å². The lowest BCUT2D eigenvalue weighted by molar-refractivity contribution is 0.252. The third-order valence-electron chi connectivity index (χ3n) is 2.21. The van der Waals surface area contributed by atoms with E-state index in [0.717, 1.165) is 12.0 Å². The molecule has 0 aliphatic heterocycles. The van der Waals surface area contributed by atoms with E-state index in [9.17, 15) is 4.79 Å². The molecule has 0 aliphatic rings. The maximum Gasteiger partial charge on any atom is 0.319 e. The van der Waals surface area contributed by atoms with Crippen molar-refractivity contribution in [1.29, 1.82) is 0 Å². The second-order valence-electron chi connectivity index (χ2n) is 3.64. The Morgan fingerprint density at radius 1 is 1.53 bits per heavy atom. The molecular weight excluding hydrogens is 220 g/mol. The molecule has 0 radical (unpaired) electrons. The highest BCUT2D eigenvalue weighted by molar-refractivity contribution is 5.88. The molecule has 17 heavy (non-hydrogen) atoms. The van der Waals surface area contributed by atoms with Gasteiger partial charge in [0.2, 0.25) is 0 Å². The van der Waals surface area contributed by atoms with Gasteiger partial charge in [-0.05, 0) is 12.0 Å². The number of carbonyl (C=O) groups is 1. The molecule has 0 aromatic carbocycles. The second kappa shape index (κ2) is 5.15. The number of nitrogens with zero attached hydrogens (tertiary/aromatic N) is 3. The minimum absolute atomic E-state index is 0.240. The van der Waals surface area contributed by atoms with E-state index >= 15 is 0 Å². The first-order valence-electron chi connectivity index (χ1n) is 5.25. The number of anilines is 1. The summed E-state index contributed by atoms with van der Waals surface area (Å²) in [7, 11) is 1.86. The molecule has 2 aromatic heterocycles. The van der Waals surface area contributed by atoms with Gasteiger partial charge in [0.15, 0.2) is 0 Å². The van der Waals surface area contributed by atoms with Crippen molar-refractivity contribution in [2.75, 3.05) is 11.9 Å². The number of aromatic amines is 1. The van der Waals surface area contributed by atoms with Crippen LogP contribution in [0.5, 0.6) is 0 Å². The summed E-state index contributed by atoms with van der Waals surface area (Å²) in [6.45, 7) is 0.565. The van der Waals surface area contributed by atoms with Crippen molar-refractivity contribution in [2.24, 2.45) is 7.05 Å². The van der Waals surface area contributed by atoms with Gasteiger partial charge in [0.1, 0.15) is 0 Å². The monoisotopic (exact) mass is 234 g/mol. The summed E-state index contributed by atoms with van der Waals surface area (Å²) >= 11 is 0. The van der Waals surface area contributed by atoms with E-state index in [1.54, 1.807) is 23.3 Å². The molecule has 0 aliphatic carbocycles. The maximum absolute atomic E-state index is 11.4. The Hall–Kier alpha value is -2.31. The Kier molecular flexibility index (Phi) is 3.39. The quantitative estimate of drug-likeness (QED) is 0.720. The van der Waals surface area contributed by atoms with Gasteiger partial charge in [0, 0.05) is 26.0 Å². The van der Waals surface area contributed by atoms with E-state index in [0.29, 0.717) is 12.2 Å². The number of hydrogen-bond donors (Lipinski definition) is 3. The molecule has 7 nitrogen and oxygen atoms in total. The normalized spacial score (nSPS) is 10.2. The Labute approximate surface area is 98.2 Å². The molecule has 0 saturated heterocycles. The standard InChI is InChI=1S/C10H14N6O/c1-16-7-8(4-14-16)2-3-11-10(17)15-9-5-12-13-6-9/h4-7H,2-3H2,1H3,(H,12,13)(H2,11,15,17). The zero-order chi connectivity index (χ0) is 12.1. The number of rotatable bonds is 4. The van der Waals surface area contributed by atoms with Gasteiger partial charge in [-0.15, -0.1) is 0 Å². The summed E-state index contributed by atoms with van der Waals surface area (Å²) in [4.78, 5) is 11.4. The molecule has 7 heteroatoms. The molecule has 2 heterocycles. The van der Waals surface area contributed by atoms with Gasteiger partial charge in [-0.1, -0.05) is 0 Å². The van der Waals surface area contributed by atoms with Crippen LogP contribution in [-0.2, 0) is 13.5 Å². The van der Waals surface area contributed by atoms with E-state index in [2.05, 4.69) is 25.9 Å². The highest BCUT2D eigenvalue weighted by Crippen LogP contribution is 2.00.